The molecule has 1 aromatic carbocycles. The van der Waals surface area contributed by atoms with Crippen LogP contribution in [0.2, 0.25) is 23.2 Å². The molecule has 0 saturated carbocycles. The molecule has 0 aliphatic carbocycles. The fourth-order valence-corrected chi connectivity index (χ4v) is 2.46. The third kappa shape index (κ3) is 3.27. The number of aromatic carboxylic acids is 1. The van der Waals surface area contributed by atoms with E-state index in [9.17, 15) is 4.79 Å². The monoisotopic (exact) mass is 286 g/mol. The van der Waals surface area contributed by atoms with E-state index >= 15 is 0 Å². The predicted octanol–water partition coefficient (Wildman–Crippen LogP) is 4.42. The number of carboxylic acids is 1. The standard InChI is InChI=1S/C13H19ClO3Si/c1-13(2,3)18(4,5)17-11-7-6-9(12(15)16)8-10(11)14/h6-8H,1-5H3,(H,15,16). The molecule has 0 atom stereocenters. The van der Waals surface area contributed by atoms with Crippen LogP contribution in [-0.4, -0.2) is 19.4 Å². The van der Waals surface area contributed by atoms with E-state index in [4.69, 9.17) is 21.1 Å². The zero-order chi connectivity index (χ0) is 14.1. The third-order valence-corrected chi connectivity index (χ3v) is 7.99. The minimum absolute atomic E-state index is 0.0712. The van der Waals surface area contributed by atoms with Crippen LogP contribution >= 0.6 is 11.6 Å². The summed E-state index contributed by atoms with van der Waals surface area (Å²) >= 11 is 6.06. The highest BCUT2D eigenvalue weighted by molar-refractivity contribution is 6.74. The summed E-state index contributed by atoms with van der Waals surface area (Å²) in [5, 5.41) is 9.29. The van der Waals surface area contributed by atoms with Crippen LogP contribution in [0.15, 0.2) is 18.2 Å². The van der Waals surface area contributed by atoms with E-state index in [0.717, 1.165) is 0 Å². The summed E-state index contributed by atoms with van der Waals surface area (Å²) < 4.78 is 6.05. The molecule has 0 spiro atoms. The van der Waals surface area contributed by atoms with Crippen molar-refractivity contribution in [2.45, 2.75) is 38.9 Å². The van der Waals surface area contributed by atoms with Crippen molar-refractivity contribution in [2.24, 2.45) is 0 Å². The first-order valence-electron chi connectivity index (χ1n) is 5.76. The Kier molecular flexibility index (Phi) is 4.13. The average molecular weight is 287 g/mol. The molecule has 0 radical (unpaired) electrons. The lowest BCUT2D eigenvalue weighted by molar-refractivity contribution is 0.0697. The van der Waals surface area contributed by atoms with E-state index in [1.165, 1.54) is 12.1 Å². The molecule has 0 bridgehead atoms. The molecule has 1 rings (SSSR count). The summed E-state index contributed by atoms with van der Waals surface area (Å²) in [5.74, 6) is -0.427. The topological polar surface area (TPSA) is 46.5 Å². The largest absolute Gasteiger partial charge is 0.543 e. The van der Waals surface area contributed by atoms with Crippen molar-refractivity contribution in [3.05, 3.63) is 28.8 Å². The Morgan fingerprint density at radius 1 is 1.33 bits per heavy atom. The number of benzene rings is 1. The molecule has 0 unspecified atom stereocenters. The quantitative estimate of drug-likeness (QED) is 0.837. The first kappa shape index (κ1) is 15.1. The van der Waals surface area contributed by atoms with Gasteiger partial charge in [-0.3, -0.25) is 0 Å². The van der Waals surface area contributed by atoms with Gasteiger partial charge in [0, 0.05) is 0 Å². The Bertz CT molecular complexity index is 464. The molecule has 0 fully saturated rings. The molecule has 0 heterocycles. The molecule has 0 aliphatic rings. The van der Waals surface area contributed by atoms with Crippen LogP contribution in [0.5, 0.6) is 5.75 Å². The van der Waals surface area contributed by atoms with Crippen LogP contribution in [0.4, 0.5) is 0 Å². The Morgan fingerprint density at radius 2 is 1.89 bits per heavy atom. The zero-order valence-electron chi connectivity index (χ0n) is 11.4. The molecule has 5 heteroatoms. The molecular formula is C13H19ClO3Si. The van der Waals surface area contributed by atoms with E-state index in [1.807, 2.05) is 0 Å². The number of hydrogen-bond acceptors (Lipinski definition) is 2. The second kappa shape index (κ2) is 4.94. The van der Waals surface area contributed by atoms with E-state index < -0.39 is 14.3 Å². The van der Waals surface area contributed by atoms with Crippen LogP contribution < -0.4 is 4.43 Å². The average Bonchev–Trinajstić information content (AvgIpc) is 2.18. The second-order valence-corrected chi connectivity index (χ2v) is 10.9. The Morgan fingerprint density at radius 3 is 2.28 bits per heavy atom. The minimum Gasteiger partial charge on any atom is -0.543 e. The van der Waals surface area contributed by atoms with Crippen LogP contribution in [-0.2, 0) is 0 Å². The molecule has 0 aliphatic heterocycles. The molecule has 1 aromatic rings. The van der Waals surface area contributed by atoms with Gasteiger partial charge in [0.05, 0.1) is 10.6 Å². The Hall–Kier alpha value is -1.00. The summed E-state index contributed by atoms with van der Waals surface area (Å²) in [4.78, 5) is 10.8. The predicted molar refractivity (Wildman–Crippen MR) is 76.2 cm³/mol. The molecule has 18 heavy (non-hydrogen) atoms. The number of hydrogen-bond donors (Lipinski definition) is 1. The molecule has 0 aromatic heterocycles. The van der Waals surface area contributed by atoms with Gasteiger partial charge in [-0.25, -0.2) is 4.79 Å². The van der Waals surface area contributed by atoms with Gasteiger partial charge in [-0.1, -0.05) is 32.4 Å². The Labute approximate surface area is 114 Å². The lowest BCUT2D eigenvalue weighted by atomic mass is 10.2. The maximum absolute atomic E-state index is 10.8. The third-order valence-electron chi connectivity index (χ3n) is 3.35. The highest BCUT2D eigenvalue weighted by atomic mass is 35.5. The fraction of sp³-hybridized carbons (Fsp3) is 0.462. The van der Waals surface area contributed by atoms with Gasteiger partial charge in [-0.15, -0.1) is 0 Å². The number of carbonyl (C=O) groups is 1. The van der Waals surface area contributed by atoms with E-state index in [-0.39, 0.29) is 10.6 Å². The van der Waals surface area contributed by atoms with Crippen molar-refractivity contribution in [1.29, 1.82) is 0 Å². The normalized spacial score (nSPS) is 12.3. The lowest BCUT2D eigenvalue weighted by Gasteiger charge is -2.36. The fourth-order valence-electron chi connectivity index (χ4n) is 1.14. The van der Waals surface area contributed by atoms with Crippen LogP contribution in [0.1, 0.15) is 31.1 Å². The van der Waals surface area contributed by atoms with Gasteiger partial charge < -0.3 is 9.53 Å². The summed E-state index contributed by atoms with van der Waals surface area (Å²) in [6.45, 7) is 10.7. The molecule has 1 N–H and O–H groups in total. The van der Waals surface area contributed by atoms with Gasteiger partial charge >= 0.3 is 5.97 Å². The van der Waals surface area contributed by atoms with E-state index in [1.54, 1.807) is 6.07 Å². The number of rotatable bonds is 3. The van der Waals surface area contributed by atoms with Crippen LogP contribution in [0.25, 0.3) is 0 Å². The highest BCUT2D eigenvalue weighted by Crippen LogP contribution is 2.39. The van der Waals surface area contributed by atoms with E-state index in [2.05, 4.69) is 33.9 Å². The molecule has 0 saturated heterocycles. The van der Waals surface area contributed by atoms with Gasteiger partial charge in [0.2, 0.25) is 0 Å². The number of carboxylic acid groups (broad SMARTS) is 1. The summed E-state index contributed by atoms with van der Waals surface area (Å²) in [7, 11) is -1.95. The minimum atomic E-state index is -1.95. The highest BCUT2D eigenvalue weighted by Gasteiger charge is 2.39. The van der Waals surface area contributed by atoms with Crippen molar-refractivity contribution in [3.63, 3.8) is 0 Å². The van der Waals surface area contributed by atoms with Crippen molar-refractivity contribution < 1.29 is 14.3 Å². The summed E-state index contributed by atoms with van der Waals surface area (Å²) in [6.07, 6.45) is 0. The van der Waals surface area contributed by atoms with Gasteiger partial charge in [0.1, 0.15) is 5.75 Å². The smallest absolute Gasteiger partial charge is 0.335 e. The van der Waals surface area contributed by atoms with Crippen LogP contribution in [0.3, 0.4) is 0 Å². The van der Waals surface area contributed by atoms with Crippen molar-refractivity contribution in [3.8, 4) is 5.75 Å². The lowest BCUT2D eigenvalue weighted by Crippen LogP contribution is -2.43. The zero-order valence-corrected chi connectivity index (χ0v) is 13.1. The Balaban J connectivity index is 3.03. The summed E-state index contributed by atoms with van der Waals surface area (Å²) in [6, 6.07) is 4.56. The van der Waals surface area contributed by atoms with Gasteiger partial charge in [0.15, 0.2) is 0 Å². The molecule has 100 valence electrons. The second-order valence-electron chi connectivity index (χ2n) is 5.81. The first-order valence-corrected chi connectivity index (χ1v) is 9.05. The maximum atomic E-state index is 10.8. The van der Waals surface area contributed by atoms with Crippen molar-refractivity contribution in [1.82, 2.24) is 0 Å². The maximum Gasteiger partial charge on any atom is 0.335 e. The first-order chi connectivity index (χ1) is 8.04. The SMILES string of the molecule is CC(C)(C)[Si](C)(C)Oc1ccc(C(=O)O)cc1Cl. The number of halogens is 1. The molecular weight excluding hydrogens is 268 g/mol. The van der Waals surface area contributed by atoms with Crippen molar-refractivity contribution in [2.75, 3.05) is 0 Å². The molecule has 3 nitrogen and oxygen atoms in total. The van der Waals surface area contributed by atoms with E-state index in [0.29, 0.717) is 10.8 Å². The molecule has 0 amide bonds. The van der Waals surface area contributed by atoms with Gasteiger partial charge in [-0.05, 0) is 36.3 Å². The van der Waals surface area contributed by atoms with Gasteiger partial charge in [-0.2, -0.15) is 0 Å². The van der Waals surface area contributed by atoms with Crippen LogP contribution in [0, 0.1) is 0 Å². The van der Waals surface area contributed by atoms with Crippen molar-refractivity contribution >= 4 is 25.9 Å². The van der Waals surface area contributed by atoms with Gasteiger partial charge in [0.25, 0.3) is 8.32 Å². The summed E-state index contributed by atoms with van der Waals surface area (Å²) in [5.41, 5.74) is 0.169.